The maximum Gasteiger partial charge on any atom is 0.231 e. The van der Waals surface area contributed by atoms with Gasteiger partial charge in [-0.25, -0.2) is 0 Å². The van der Waals surface area contributed by atoms with Crippen molar-refractivity contribution in [3.63, 3.8) is 0 Å². The van der Waals surface area contributed by atoms with Crippen molar-refractivity contribution in [2.24, 2.45) is 5.92 Å². The smallest absolute Gasteiger partial charge is 0.231 e. The minimum Gasteiger partial charge on any atom is -0.312 e. The van der Waals surface area contributed by atoms with Gasteiger partial charge in [-0.1, -0.05) is 23.5 Å². The standard InChI is InChI=1S/C17H18N4O2S/c1-10-3-2-4-13(7-10)21-9-12(8-14(21)22)15(23)18-17-20-19-16(24-17)11-5-6-11/h2-4,7,11-12H,5-6,8-9H2,1H3,(H,18,20,23). The zero-order valence-corrected chi connectivity index (χ0v) is 14.2. The number of benzene rings is 1. The molecular formula is C17H18N4O2S. The number of hydrogen-bond donors (Lipinski definition) is 1. The third-order valence-corrected chi connectivity index (χ3v) is 5.41. The zero-order chi connectivity index (χ0) is 16.7. The van der Waals surface area contributed by atoms with Gasteiger partial charge in [-0.2, -0.15) is 0 Å². The largest absolute Gasteiger partial charge is 0.312 e. The van der Waals surface area contributed by atoms with Gasteiger partial charge in [-0.05, 0) is 37.5 Å². The van der Waals surface area contributed by atoms with Crippen LogP contribution in [0.5, 0.6) is 0 Å². The lowest BCUT2D eigenvalue weighted by molar-refractivity contribution is -0.122. The van der Waals surface area contributed by atoms with Gasteiger partial charge in [0, 0.05) is 24.6 Å². The van der Waals surface area contributed by atoms with Crippen LogP contribution in [0.2, 0.25) is 0 Å². The van der Waals surface area contributed by atoms with Gasteiger partial charge in [-0.3, -0.25) is 9.59 Å². The van der Waals surface area contributed by atoms with Gasteiger partial charge in [0.1, 0.15) is 5.01 Å². The molecule has 1 atom stereocenters. The summed E-state index contributed by atoms with van der Waals surface area (Å²) < 4.78 is 0. The van der Waals surface area contributed by atoms with E-state index in [1.807, 2.05) is 31.2 Å². The van der Waals surface area contributed by atoms with Crippen LogP contribution in [0.1, 0.15) is 35.8 Å². The summed E-state index contributed by atoms with van der Waals surface area (Å²) in [7, 11) is 0. The maximum absolute atomic E-state index is 12.4. The zero-order valence-electron chi connectivity index (χ0n) is 13.4. The number of rotatable bonds is 4. The molecule has 1 unspecified atom stereocenters. The first kappa shape index (κ1) is 15.3. The van der Waals surface area contributed by atoms with Crippen LogP contribution < -0.4 is 10.2 Å². The molecule has 2 heterocycles. The van der Waals surface area contributed by atoms with E-state index in [1.54, 1.807) is 4.90 Å². The maximum atomic E-state index is 12.4. The molecule has 1 N–H and O–H groups in total. The van der Waals surface area contributed by atoms with Crippen LogP contribution >= 0.6 is 11.3 Å². The number of aromatic nitrogens is 2. The molecule has 1 aliphatic heterocycles. The highest BCUT2D eigenvalue weighted by molar-refractivity contribution is 7.15. The van der Waals surface area contributed by atoms with Crippen LogP contribution in [0.4, 0.5) is 10.8 Å². The lowest BCUT2D eigenvalue weighted by Gasteiger charge is -2.17. The van der Waals surface area contributed by atoms with Crippen molar-refractivity contribution in [2.75, 3.05) is 16.8 Å². The van der Waals surface area contributed by atoms with Gasteiger partial charge in [0.15, 0.2) is 0 Å². The van der Waals surface area contributed by atoms with Crippen LogP contribution in [0.15, 0.2) is 24.3 Å². The Morgan fingerprint density at radius 1 is 1.33 bits per heavy atom. The average molecular weight is 342 g/mol. The minimum atomic E-state index is -0.355. The molecule has 1 aromatic heterocycles. The van der Waals surface area contributed by atoms with Gasteiger partial charge in [0.25, 0.3) is 0 Å². The summed E-state index contributed by atoms with van der Waals surface area (Å²) in [6, 6.07) is 7.77. The van der Waals surface area contributed by atoms with E-state index in [-0.39, 0.29) is 24.2 Å². The number of nitrogens with zero attached hydrogens (tertiary/aromatic N) is 3. The Bertz CT molecular complexity index is 799. The molecule has 1 saturated carbocycles. The first-order valence-electron chi connectivity index (χ1n) is 8.11. The van der Waals surface area contributed by atoms with E-state index < -0.39 is 0 Å². The van der Waals surface area contributed by atoms with E-state index >= 15 is 0 Å². The first-order chi connectivity index (χ1) is 11.6. The van der Waals surface area contributed by atoms with Crippen molar-refractivity contribution >= 4 is 34.0 Å². The Kier molecular flexibility index (Phi) is 3.80. The van der Waals surface area contributed by atoms with Crippen LogP contribution in [-0.4, -0.2) is 28.6 Å². The molecule has 2 amide bonds. The highest BCUT2D eigenvalue weighted by Crippen LogP contribution is 2.42. The van der Waals surface area contributed by atoms with E-state index in [2.05, 4.69) is 15.5 Å². The number of amides is 2. The van der Waals surface area contributed by atoms with Crippen LogP contribution in [-0.2, 0) is 9.59 Å². The second-order valence-electron chi connectivity index (χ2n) is 6.45. The predicted octanol–water partition coefficient (Wildman–Crippen LogP) is 2.72. The van der Waals surface area contributed by atoms with Crippen LogP contribution in [0.25, 0.3) is 0 Å². The molecule has 7 heteroatoms. The Labute approximate surface area is 143 Å². The van der Waals surface area contributed by atoms with Gasteiger partial charge in [0.2, 0.25) is 16.9 Å². The van der Waals surface area contributed by atoms with Gasteiger partial charge in [0.05, 0.1) is 5.92 Å². The highest BCUT2D eigenvalue weighted by Gasteiger charge is 2.36. The number of hydrogen-bond acceptors (Lipinski definition) is 5. The molecule has 4 rings (SSSR count). The Balaban J connectivity index is 1.42. The third kappa shape index (κ3) is 3.03. The normalized spacial score (nSPS) is 20.5. The van der Waals surface area contributed by atoms with Crippen molar-refractivity contribution in [1.29, 1.82) is 0 Å². The molecule has 24 heavy (non-hydrogen) atoms. The summed E-state index contributed by atoms with van der Waals surface area (Å²) in [6.07, 6.45) is 2.55. The second-order valence-corrected chi connectivity index (χ2v) is 7.46. The molecular weight excluding hydrogens is 324 g/mol. The lowest BCUT2D eigenvalue weighted by atomic mass is 10.1. The van der Waals surface area contributed by atoms with Gasteiger partial charge < -0.3 is 10.2 Å². The van der Waals surface area contributed by atoms with Crippen LogP contribution in [0.3, 0.4) is 0 Å². The summed E-state index contributed by atoms with van der Waals surface area (Å²) in [6.45, 7) is 2.39. The lowest BCUT2D eigenvalue weighted by Crippen LogP contribution is -2.28. The molecule has 1 aliphatic carbocycles. The minimum absolute atomic E-state index is 0.0170. The molecule has 2 fully saturated rings. The van der Waals surface area contributed by atoms with E-state index in [1.165, 1.54) is 11.3 Å². The van der Waals surface area contributed by atoms with E-state index in [0.29, 0.717) is 17.6 Å². The average Bonchev–Trinajstić information content (AvgIpc) is 3.18. The second kappa shape index (κ2) is 5.98. The summed E-state index contributed by atoms with van der Waals surface area (Å²) in [5.41, 5.74) is 1.94. The van der Waals surface area contributed by atoms with Crippen LogP contribution in [0, 0.1) is 12.8 Å². The molecule has 0 radical (unpaired) electrons. The fourth-order valence-corrected chi connectivity index (χ4v) is 3.83. The summed E-state index contributed by atoms with van der Waals surface area (Å²) in [5, 5.41) is 12.5. The molecule has 0 spiro atoms. The third-order valence-electron chi connectivity index (χ3n) is 4.41. The molecule has 1 aromatic carbocycles. The van der Waals surface area contributed by atoms with Gasteiger partial charge >= 0.3 is 0 Å². The summed E-state index contributed by atoms with van der Waals surface area (Å²) in [4.78, 5) is 26.4. The number of anilines is 2. The first-order valence-corrected chi connectivity index (χ1v) is 8.93. The van der Waals surface area contributed by atoms with E-state index in [0.717, 1.165) is 29.1 Å². The van der Waals surface area contributed by atoms with Crippen molar-refractivity contribution in [3.8, 4) is 0 Å². The number of carbonyl (C=O) groups is 2. The Morgan fingerprint density at radius 3 is 2.92 bits per heavy atom. The molecule has 124 valence electrons. The van der Waals surface area contributed by atoms with E-state index in [4.69, 9.17) is 0 Å². The van der Waals surface area contributed by atoms with Crippen molar-refractivity contribution in [2.45, 2.75) is 32.1 Å². The number of carbonyl (C=O) groups excluding carboxylic acids is 2. The quantitative estimate of drug-likeness (QED) is 0.927. The molecule has 2 aliphatic rings. The Hall–Kier alpha value is -2.28. The van der Waals surface area contributed by atoms with Gasteiger partial charge in [-0.15, -0.1) is 10.2 Å². The fraction of sp³-hybridized carbons (Fsp3) is 0.412. The molecule has 6 nitrogen and oxygen atoms in total. The number of nitrogens with one attached hydrogen (secondary N) is 1. The summed E-state index contributed by atoms with van der Waals surface area (Å²) >= 11 is 1.44. The Morgan fingerprint density at radius 2 is 2.17 bits per heavy atom. The number of aryl methyl sites for hydroxylation is 1. The molecule has 1 saturated heterocycles. The summed E-state index contributed by atoms with van der Waals surface area (Å²) in [5.74, 6) is -0.00186. The SMILES string of the molecule is Cc1cccc(N2CC(C(=O)Nc3nnc(C4CC4)s3)CC2=O)c1. The fourth-order valence-electron chi connectivity index (χ4n) is 2.92. The molecule has 0 bridgehead atoms. The highest BCUT2D eigenvalue weighted by atomic mass is 32.1. The van der Waals surface area contributed by atoms with Crippen molar-refractivity contribution < 1.29 is 9.59 Å². The monoisotopic (exact) mass is 342 g/mol. The van der Waals surface area contributed by atoms with Crippen molar-refractivity contribution in [1.82, 2.24) is 10.2 Å². The van der Waals surface area contributed by atoms with Crippen molar-refractivity contribution in [3.05, 3.63) is 34.8 Å². The predicted molar refractivity (Wildman–Crippen MR) is 92.2 cm³/mol. The van der Waals surface area contributed by atoms with E-state index in [9.17, 15) is 9.59 Å². The topological polar surface area (TPSA) is 75.2 Å². The molecule has 2 aromatic rings.